The molecule has 0 spiro atoms. The number of nitrogens with two attached hydrogens (primary N) is 1. The summed E-state index contributed by atoms with van der Waals surface area (Å²) in [7, 11) is 0. The second-order valence-corrected chi connectivity index (χ2v) is 6.77. The van der Waals surface area contributed by atoms with Gasteiger partial charge in [0.25, 0.3) is 0 Å². The van der Waals surface area contributed by atoms with Crippen molar-refractivity contribution in [2.45, 2.75) is 6.42 Å². The molecule has 0 amide bonds. The Labute approximate surface area is 156 Å². The summed E-state index contributed by atoms with van der Waals surface area (Å²) in [5, 5.41) is 6.53. The van der Waals surface area contributed by atoms with E-state index in [4.69, 9.17) is 10.5 Å². The molecule has 1 saturated heterocycles. The van der Waals surface area contributed by atoms with Crippen LogP contribution < -0.4 is 16.4 Å². The van der Waals surface area contributed by atoms with Crippen molar-refractivity contribution in [2.24, 2.45) is 0 Å². The smallest absolute Gasteiger partial charge is 0.159 e. The van der Waals surface area contributed by atoms with Crippen molar-refractivity contribution >= 4 is 38.9 Å². The van der Waals surface area contributed by atoms with Crippen molar-refractivity contribution in [1.82, 2.24) is 14.9 Å². The molecular formula is C17H23BrN6O. The Morgan fingerprint density at radius 3 is 2.60 bits per heavy atom. The highest BCUT2D eigenvalue weighted by atomic mass is 79.9. The van der Waals surface area contributed by atoms with Gasteiger partial charge in [-0.15, -0.1) is 0 Å². The number of nitrogen functional groups attached to an aromatic ring is 1. The van der Waals surface area contributed by atoms with Gasteiger partial charge in [0.15, 0.2) is 11.6 Å². The Balaban J connectivity index is 1.52. The minimum absolute atomic E-state index is 0.525. The van der Waals surface area contributed by atoms with Gasteiger partial charge in [0.2, 0.25) is 0 Å². The molecule has 0 unspecified atom stereocenters. The van der Waals surface area contributed by atoms with Crippen LogP contribution >= 0.6 is 15.9 Å². The molecule has 25 heavy (non-hydrogen) atoms. The molecule has 4 N–H and O–H groups in total. The van der Waals surface area contributed by atoms with Crippen LogP contribution in [0.3, 0.4) is 0 Å². The quantitative estimate of drug-likeness (QED) is 0.609. The number of aromatic nitrogens is 2. The van der Waals surface area contributed by atoms with Crippen molar-refractivity contribution in [3.05, 3.63) is 35.1 Å². The summed E-state index contributed by atoms with van der Waals surface area (Å²) >= 11 is 3.42. The number of hydrogen-bond acceptors (Lipinski definition) is 7. The molecule has 1 aliphatic heterocycles. The molecule has 0 saturated carbocycles. The Morgan fingerprint density at radius 2 is 1.84 bits per heavy atom. The number of halogens is 1. The third-order valence-electron chi connectivity index (χ3n) is 4.04. The van der Waals surface area contributed by atoms with E-state index in [2.05, 4.69) is 41.4 Å². The van der Waals surface area contributed by atoms with Gasteiger partial charge in [-0.1, -0.05) is 15.9 Å². The maximum Gasteiger partial charge on any atom is 0.159 e. The summed E-state index contributed by atoms with van der Waals surface area (Å²) in [6.45, 7) is 5.55. The molecule has 2 aromatic rings. The minimum atomic E-state index is 0.525. The molecule has 1 aromatic heterocycles. The third-order valence-corrected chi connectivity index (χ3v) is 4.57. The largest absolute Gasteiger partial charge is 0.393 e. The molecule has 1 aliphatic rings. The van der Waals surface area contributed by atoms with Crippen molar-refractivity contribution < 1.29 is 4.74 Å². The van der Waals surface area contributed by atoms with E-state index in [1.165, 1.54) is 6.33 Å². The molecule has 0 radical (unpaired) electrons. The van der Waals surface area contributed by atoms with Gasteiger partial charge in [0.05, 0.1) is 13.2 Å². The molecule has 1 aromatic carbocycles. The van der Waals surface area contributed by atoms with Gasteiger partial charge in [0, 0.05) is 29.8 Å². The zero-order valence-corrected chi connectivity index (χ0v) is 15.6. The summed E-state index contributed by atoms with van der Waals surface area (Å²) in [6.07, 6.45) is 2.54. The van der Waals surface area contributed by atoms with E-state index < -0.39 is 0 Å². The van der Waals surface area contributed by atoms with Crippen LogP contribution in [0.2, 0.25) is 0 Å². The standard InChI is InChI=1S/C17H23BrN6O/c18-13-2-4-14(5-3-13)23-17-15(19)16(21-12-22-17)20-6-1-7-24-8-10-25-11-9-24/h2-5,12H,1,6-11,19H2,(H2,20,21,22,23). The van der Waals surface area contributed by atoms with Crippen LogP contribution in [0.1, 0.15) is 6.42 Å². The van der Waals surface area contributed by atoms with Crippen LogP contribution in [0.4, 0.5) is 23.0 Å². The van der Waals surface area contributed by atoms with E-state index in [1.807, 2.05) is 24.3 Å². The molecule has 0 bridgehead atoms. The van der Waals surface area contributed by atoms with Crippen LogP contribution in [0.25, 0.3) is 0 Å². The normalized spacial score (nSPS) is 15.1. The number of nitrogens with one attached hydrogen (secondary N) is 2. The third kappa shape index (κ3) is 5.29. The minimum Gasteiger partial charge on any atom is -0.393 e. The second-order valence-electron chi connectivity index (χ2n) is 5.85. The fourth-order valence-corrected chi connectivity index (χ4v) is 2.90. The Kier molecular flexibility index (Phi) is 6.43. The molecule has 0 atom stereocenters. The van der Waals surface area contributed by atoms with E-state index in [1.54, 1.807) is 0 Å². The van der Waals surface area contributed by atoms with Gasteiger partial charge in [-0.25, -0.2) is 9.97 Å². The van der Waals surface area contributed by atoms with Crippen LogP contribution in [-0.4, -0.2) is 54.3 Å². The van der Waals surface area contributed by atoms with Crippen LogP contribution in [0, 0.1) is 0 Å². The lowest BCUT2D eigenvalue weighted by molar-refractivity contribution is 0.0378. The Bertz CT molecular complexity index is 675. The number of morpholine rings is 1. The Morgan fingerprint density at radius 1 is 1.12 bits per heavy atom. The molecule has 7 nitrogen and oxygen atoms in total. The van der Waals surface area contributed by atoms with Crippen molar-refractivity contribution in [2.75, 3.05) is 55.8 Å². The summed E-state index contributed by atoms with van der Waals surface area (Å²) in [6, 6.07) is 7.84. The summed E-state index contributed by atoms with van der Waals surface area (Å²) in [5.41, 5.74) is 7.65. The van der Waals surface area contributed by atoms with Gasteiger partial charge >= 0.3 is 0 Å². The maximum atomic E-state index is 6.20. The first-order valence-electron chi connectivity index (χ1n) is 8.39. The van der Waals surface area contributed by atoms with Crippen LogP contribution in [0.5, 0.6) is 0 Å². The second kappa shape index (κ2) is 8.98. The fourth-order valence-electron chi connectivity index (χ4n) is 2.64. The maximum absolute atomic E-state index is 6.20. The molecule has 8 heteroatoms. The summed E-state index contributed by atoms with van der Waals surface area (Å²) in [4.78, 5) is 10.9. The van der Waals surface area contributed by atoms with Gasteiger partial charge in [-0.05, 0) is 37.2 Å². The number of anilines is 4. The van der Waals surface area contributed by atoms with E-state index in [9.17, 15) is 0 Å². The van der Waals surface area contributed by atoms with Gasteiger partial charge in [-0.2, -0.15) is 0 Å². The predicted octanol–water partition coefficient (Wildman–Crippen LogP) is 2.70. The number of ether oxygens (including phenoxy) is 1. The van der Waals surface area contributed by atoms with Gasteiger partial charge in [0.1, 0.15) is 12.0 Å². The van der Waals surface area contributed by atoms with Crippen LogP contribution in [-0.2, 0) is 4.74 Å². The SMILES string of the molecule is Nc1c(NCCCN2CCOCC2)ncnc1Nc1ccc(Br)cc1. The van der Waals surface area contributed by atoms with E-state index in [0.29, 0.717) is 17.3 Å². The van der Waals surface area contributed by atoms with E-state index >= 15 is 0 Å². The number of hydrogen-bond donors (Lipinski definition) is 3. The lowest BCUT2D eigenvalue weighted by Crippen LogP contribution is -2.37. The first kappa shape index (κ1) is 17.9. The monoisotopic (exact) mass is 406 g/mol. The highest BCUT2D eigenvalue weighted by molar-refractivity contribution is 9.10. The first-order valence-corrected chi connectivity index (χ1v) is 9.19. The molecular weight excluding hydrogens is 384 g/mol. The topological polar surface area (TPSA) is 88.3 Å². The lowest BCUT2D eigenvalue weighted by atomic mass is 10.3. The van der Waals surface area contributed by atoms with Crippen molar-refractivity contribution in [3.8, 4) is 0 Å². The number of rotatable bonds is 7. The van der Waals surface area contributed by atoms with Crippen molar-refractivity contribution in [1.29, 1.82) is 0 Å². The molecule has 3 rings (SSSR count). The average Bonchev–Trinajstić information content (AvgIpc) is 2.64. The molecule has 2 heterocycles. The number of nitrogens with zero attached hydrogens (tertiary/aromatic N) is 3. The van der Waals surface area contributed by atoms with Crippen LogP contribution in [0.15, 0.2) is 35.1 Å². The zero-order valence-electron chi connectivity index (χ0n) is 14.0. The molecule has 1 fully saturated rings. The zero-order chi connectivity index (χ0) is 17.5. The van der Waals surface area contributed by atoms with Crippen molar-refractivity contribution in [3.63, 3.8) is 0 Å². The summed E-state index contributed by atoms with van der Waals surface area (Å²) < 4.78 is 6.38. The van der Waals surface area contributed by atoms with Gasteiger partial charge < -0.3 is 21.1 Å². The Hall–Kier alpha value is -1.90. The average molecular weight is 407 g/mol. The highest BCUT2D eigenvalue weighted by Gasteiger charge is 2.11. The van der Waals surface area contributed by atoms with Gasteiger partial charge in [-0.3, -0.25) is 4.90 Å². The van der Waals surface area contributed by atoms with E-state index in [-0.39, 0.29) is 0 Å². The first-order chi connectivity index (χ1) is 12.2. The molecule has 134 valence electrons. The summed E-state index contributed by atoms with van der Waals surface area (Å²) in [5.74, 6) is 1.27. The predicted molar refractivity (Wildman–Crippen MR) is 104 cm³/mol. The van der Waals surface area contributed by atoms with E-state index in [0.717, 1.165) is 56.0 Å². The fraction of sp³-hybridized carbons (Fsp3) is 0.412. The number of benzene rings is 1. The molecule has 0 aliphatic carbocycles. The highest BCUT2D eigenvalue weighted by Crippen LogP contribution is 2.26. The lowest BCUT2D eigenvalue weighted by Gasteiger charge is -2.26.